The normalized spacial score (nSPS) is 14.2. The molecule has 0 atom stereocenters. The molecule has 1 aromatic carbocycles. The Labute approximate surface area is 106 Å². The van der Waals surface area contributed by atoms with Crippen molar-refractivity contribution >= 4 is 11.9 Å². The van der Waals surface area contributed by atoms with Crippen molar-refractivity contribution < 1.29 is 14.7 Å². The predicted octanol–water partition coefficient (Wildman–Crippen LogP) is 1.73. The Balaban J connectivity index is 1.93. The first-order chi connectivity index (χ1) is 8.66. The highest BCUT2D eigenvalue weighted by Crippen LogP contribution is 2.28. The molecule has 0 radical (unpaired) electrons. The Morgan fingerprint density at radius 1 is 1.22 bits per heavy atom. The summed E-state index contributed by atoms with van der Waals surface area (Å²) >= 11 is 0. The van der Waals surface area contributed by atoms with E-state index in [4.69, 9.17) is 5.11 Å². The lowest BCUT2D eigenvalue weighted by Crippen LogP contribution is -2.24. The largest absolute Gasteiger partial charge is 0.481 e. The first-order valence-electron chi connectivity index (χ1n) is 6.23. The summed E-state index contributed by atoms with van der Waals surface area (Å²) in [5, 5.41) is 11.6. The zero-order valence-electron chi connectivity index (χ0n) is 10.2. The molecule has 18 heavy (non-hydrogen) atoms. The number of benzene rings is 1. The van der Waals surface area contributed by atoms with Crippen molar-refractivity contribution in [3.63, 3.8) is 0 Å². The lowest BCUT2D eigenvalue weighted by Gasteiger charge is -2.09. The zero-order valence-corrected chi connectivity index (χ0v) is 10.2. The molecule has 0 saturated heterocycles. The molecule has 1 amide bonds. The number of carboxylic acids is 1. The number of aliphatic carboxylic acids is 1. The van der Waals surface area contributed by atoms with E-state index in [1.165, 1.54) is 0 Å². The van der Waals surface area contributed by atoms with Gasteiger partial charge < -0.3 is 10.4 Å². The summed E-state index contributed by atoms with van der Waals surface area (Å²) < 4.78 is 0. The van der Waals surface area contributed by atoms with E-state index >= 15 is 0 Å². The second kappa shape index (κ2) is 5.67. The van der Waals surface area contributed by atoms with Gasteiger partial charge in [0.15, 0.2) is 0 Å². The lowest BCUT2D eigenvalue weighted by atomic mass is 10.0. The van der Waals surface area contributed by atoms with E-state index in [0.717, 1.165) is 24.0 Å². The molecule has 1 aliphatic rings. The first kappa shape index (κ1) is 12.6. The smallest absolute Gasteiger partial charge is 0.303 e. The number of hydrogen-bond donors (Lipinski definition) is 2. The van der Waals surface area contributed by atoms with Gasteiger partial charge >= 0.3 is 5.97 Å². The molecule has 1 fully saturated rings. The highest BCUT2D eigenvalue weighted by Gasteiger charge is 2.29. The number of aryl methyl sites for hydroxylation is 1. The van der Waals surface area contributed by atoms with Crippen LogP contribution in [-0.2, 0) is 22.6 Å². The number of carboxylic acid groups (broad SMARTS) is 1. The Hall–Kier alpha value is -1.84. The van der Waals surface area contributed by atoms with E-state index in [9.17, 15) is 9.59 Å². The van der Waals surface area contributed by atoms with Gasteiger partial charge in [0.2, 0.25) is 5.91 Å². The van der Waals surface area contributed by atoms with E-state index in [1.807, 2.05) is 24.3 Å². The minimum Gasteiger partial charge on any atom is -0.481 e. The van der Waals surface area contributed by atoms with Crippen LogP contribution in [0.15, 0.2) is 24.3 Å². The van der Waals surface area contributed by atoms with Crippen LogP contribution in [0.1, 0.15) is 30.4 Å². The standard InChI is InChI=1S/C14H17NO3/c16-13(17)8-7-10-3-1-2-4-12(10)9-15-14(18)11-5-6-11/h1-4,11H,5-9H2,(H,15,18)(H,16,17). The minimum absolute atomic E-state index is 0.114. The SMILES string of the molecule is O=C(O)CCc1ccccc1CNC(=O)C1CC1. The number of rotatable bonds is 6. The second-order valence-electron chi connectivity index (χ2n) is 4.65. The van der Waals surface area contributed by atoms with Crippen LogP contribution in [-0.4, -0.2) is 17.0 Å². The van der Waals surface area contributed by atoms with Crippen molar-refractivity contribution in [2.45, 2.75) is 32.2 Å². The summed E-state index contributed by atoms with van der Waals surface area (Å²) in [7, 11) is 0. The van der Waals surface area contributed by atoms with Gasteiger partial charge in [-0.2, -0.15) is 0 Å². The molecule has 0 aliphatic heterocycles. The maximum Gasteiger partial charge on any atom is 0.303 e. The third kappa shape index (κ3) is 3.58. The maximum atomic E-state index is 11.6. The van der Waals surface area contributed by atoms with Crippen LogP contribution in [0.25, 0.3) is 0 Å². The van der Waals surface area contributed by atoms with E-state index in [-0.39, 0.29) is 18.2 Å². The van der Waals surface area contributed by atoms with Crippen LogP contribution in [0.4, 0.5) is 0 Å². The number of hydrogen-bond acceptors (Lipinski definition) is 2. The number of carbonyl (C=O) groups is 2. The van der Waals surface area contributed by atoms with E-state index in [0.29, 0.717) is 13.0 Å². The van der Waals surface area contributed by atoms with E-state index < -0.39 is 5.97 Å². The predicted molar refractivity (Wildman–Crippen MR) is 67.0 cm³/mol. The van der Waals surface area contributed by atoms with Crippen LogP contribution in [0.3, 0.4) is 0 Å². The summed E-state index contributed by atoms with van der Waals surface area (Å²) in [6.45, 7) is 0.491. The van der Waals surface area contributed by atoms with Crippen molar-refractivity contribution in [2.24, 2.45) is 5.92 Å². The van der Waals surface area contributed by atoms with Crippen LogP contribution in [0, 0.1) is 5.92 Å². The molecule has 4 heteroatoms. The average molecular weight is 247 g/mol. The molecule has 2 N–H and O–H groups in total. The molecule has 0 spiro atoms. The zero-order chi connectivity index (χ0) is 13.0. The highest BCUT2D eigenvalue weighted by atomic mass is 16.4. The maximum absolute atomic E-state index is 11.6. The fraction of sp³-hybridized carbons (Fsp3) is 0.429. The fourth-order valence-electron chi connectivity index (χ4n) is 1.89. The topological polar surface area (TPSA) is 66.4 Å². The van der Waals surface area contributed by atoms with Gasteiger partial charge in [0.05, 0.1) is 0 Å². The Bertz CT molecular complexity index is 452. The van der Waals surface area contributed by atoms with Crippen molar-refractivity contribution in [3.8, 4) is 0 Å². The summed E-state index contributed by atoms with van der Waals surface area (Å²) in [5.74, 6) is -0.481. The van der Waals surface area contributed by atoms with Crippen LogP contribution in [0.2, 0.25) is 0 Å². The van der Waals surface area contributed by atoms with E-state index in [1.54, 1.807) is 0 Å². The first-order valence-corrected chi connectivity index (χ1v) is 6.23. The second-order valence-corrected chi connectivity index (χ2v) is 4.65. The molecule has 1 aromatic rings. The molecule has 0 unspecified atom stereocenters. The molecule has 0 bridgehead atoms. The van der Waals surface area contributed by atoms with Gasteiger partial charge in [-0.3, -0.25) is 9.59 Å². The van der Waals surface area contributed by atoms with Crippen LogP contribution in [0.5, 0.6) is 0 Å². The fourth-order valence-corrected chi connectivity index (χ4v) is 1.89. The number of amides is 1. The van der Waals surface area contributed by atoms with Gasteiger partial charge in [-0.05, 0) is 30.4 Å². The molecule has 96 valence electrons. The molecule has 1 aliphatic carbocycles. The third-order valence-electron chi connectivity index (χ3n) is 3.13. The summed E-state index contributed by atoms with van der Waals surface area (Å²) in [6, 6.07) is 7.65. The van der Waals surface area contributed by atoms with Gasteiger partial charge in [0.1, 0.15) is 0 Å². The van der Waals surface area contributed by atoms with Crippen molar-refractivity contribution in [1.29, 1.82) is 0 Å². The molecular weight excluding hydrogens is 230 g/mol. The Morgan fingerprint density at radius 2 is 1.89 bits per heavy atom. The quantitative estimate of drug-likeness (QED) is 0.804. The van der Waals surface area contributed by atoms with Gasteiger partial charge in [0.25, 0.3) is 0 Å². The van der Waals surface area contributed by atoms with Crippen molar-refractivity contribution in [2.75, 3.05) is 0 Å². The Kier molecular flexibility index (Phi) is 3.97. The van der Waals surface area contributed by atoms with Gasteiger partial charge in [-0.15, -0.1) is 0 Å². The monoisotopic (exact) mass is 247 g/mol. The molecule has 4 nitrogen and oxygen atoms in total. The summed E-state index contributed by atoms with van der Waals surface area (Å²) in [5.41, 5.74) is 2.00. The lowest BCUT2D eigenvalue weighted by molar-refractivity contribution is -0.137. The van der Waals surface area contributed by atoms with Gasteiger partial charge in [-0.1, -0.05) is 24.3 Å². The van der Waals surface area contributed by atoms with Gasteiger partial charge in [0, 0.05) is 18.9 Å². The van der Waals surface area contributed by atoms with Crippen molar-refractivity contribution in [3.05, 3.63) is 35.4 Å². The number of carbonyl (C=O) groups excluding carboxylic acids is 1. The molecule has 0 heterocycles. The average Bonchev–Trinajstić information content (AvgIpc) is 3.18. The third-order valence-corrected chi connectivity index (χ3v) is 3.13. The molecule has 1 saturated carbocycles. The van der Waals surface area contributed by atoms with Gasteiger partial charge in [-0.25, -0.2) is 0 Å². The van der Waals surface area contributed by atoms with E-state index in [2.05, 4.69) is 5.32 Å². The molecular formula is C14H17NO3. The van der Waals surface area contributed by atoms with Crippen molar-refractivity contribution in [1.82, 2.24) is 5.32 Å². The summed E-state index contributed by atoms with van der Waals surface area (Å²) in [4.78, 5) is 22.1. The summed E-state index contributed by atoms with van der Waals surface area (Å²) in [6.07, 6.45) is 2.61. The Morgan fingerprint density at radius 3 is 2.50 bits per heavy atom. The molecule has 0 aromatic heterocycles. The number of nitrogens with one attached hydrogen (secondary N) is 1. The highest BCUT2D eigenvalue weighted by molar-refractivity contribution is 5.80. The minimum atomic E-state index is -0.799. The van der Waals surface area contributed by atoms with Crippen LogP contribution < -0.4 is 5.32 Å². The van der Waals surface area contributed by atoms with Crippen LogP contribution >= 0.6 is 0 Å². The molecule has 2 rings (SSSR count).